The van der Waals surface area contributed by atoms with E-state index in [1.165, 1.54) is 5.56 Å². The highest BCUT2D eigenvalue weighted by molar-refractivity contribution is 9.10. The fourth-order valence-electron chi connectivity index (χ4n) is 2.25. The van der Waals surface area contributed by atoms with Gasteiger partial charge in [0.25, 0.3) is 0 Å². The highest BCUT2D eigenvalue weighted by Gasteiger charge is 2.19. The van der Waals surface area contributed by atoms with Crippen molar-refractivity contribution in [2.24, 2.45) is 0 Å². The van der Waals surface area contributed by atoms with E-state index in [2.05, 4.69) is 48.8 Å². The lowest BCUT2D eigenvalue weighted by atomic mass is 9.82. The second-order valence-corrected chi connectivity index (χ2v) is 7.32. The van der Waals surface area contributed by atoms with E-state index in [1.54, 1.807) is 6.07 Å². The molecule has 2 rings (SSSR count). The third kappa shape index (κ3) is 3.88. The molecule has 3 heteroatoms. The molecule has 0 radical (unpaired) electrons. The number of aliphatic hydroxyl groups is 1. The molecule has 0 fully saturated rings. The van der Waals surface area contributed by atoms with Gasteiger partial charge in [-0.25, -0.2) is 0 Å². The number of benzene rings is 2. The molecule has 0 aromatic heterocycles. The maximum absolute atomic E-state index is 10.5. The molecule has 112 valence electrons. The third-order valence-electron chi connectivity index (χ3n) is 4.09. The van der Waals surface area contributed by atoms with Gasteiger partial charge < -0.3 is 5.11 Å². The summed E-state index contributed by atoms with van der Waals surface area (Å²) in [5, 5.41) is 11.1. The minimum Gasteiger partial charge on any atom is -0.384 e. The summed E-state index contributed by atoms with van der Waals surface area (Å²) in [6, 6.07) is 13.7. The summed E-state index contributed by atoms with van der Waals surface area (Å²) in [5.74, 6) is 0. The fourth-order valence-corrected chi connectivity index (χ4v) is 3.13. The maximum Gasteiger partial charge on any atom is 0.104 e. The van der Waals surface area contributed by atoms with Crippen LogP contribution < -0.4 is 0 Å². The molecule has 0 aliphatic rings. The first-order valence-corrected chi connectivity index (χ1v) is 8.25. The van der Waals surface area contributed by atoms with Crippen LogP contribution >= 0.6 is 27.5 Å². The molecule has 1 unspecified atom stereocenters. The van der Waals surface area contributed by atoms with E-state index in [1.807, 2.05) is 24.3 Å². The van der Waals surface area contributed by atoms with E-state index in [0.29, 0.717) is 5.02 Å². The number of aliphatic hydroxyl groups excluding tert-OH is 1. The Labute approximate surface area is 140 Å². The SMILES string of the molecule is CCC(C)(C)c1ccc(C(O)c2cc(Cl)cc(Br)c2)cc1. The van der Waals surface area contributed by atoms with Gasteiger partial charge in [0.1, 0.15) is 6.10 Å². The average molecular weight is 368 g/mol. The zero-order valence-corrected chi connectivity index (χ0v) is 14.9. The molecule has 0 saturated carbocycles. The van der Waals surface area contributed by atoms with Crippen molar-refractivity contribution in [3.8, 4) is 0 Å². The van der Waals surface area contributed by atoms with Gasteiger partial charge in [0.2, 0.25) is 0 Å². The smallest absolute Gasteiger partial charge is 0.104 e. The van der Waals surface area contributed by atoms with Gasteiger partial charge in [-0.2, -0.15) is 0 Å². The van der Waals surface area contributed by atoms with Crippen LogP contribution in [0.15, 0.2) is 46.9 Å². The van der Waals surface area contributed by atoms with Gasteiger partial charge in [0.15, 0.2) is 0 Å². The van der Waals surface area contributed by atoms with E-state index < -0.39 is 6.10 Å². The first kappa shape index (κ1) is 16.5. The third-order valence-corrected chi connectivity index (χ3v) is 4.77. The standard InChI is InChI=1S/C18H20BrClO/c1-4-18(2,3)14-7-5-12(6-8-14)17(21)13-9-15(19)11-16(20)10-13/h5-11,17,21H,4H2,1-3H3. The minimum absolute atomic E-state index is 0.155. The van der Waals surface area contributed by atoms with Crippen LogP contribution in [0.2, 0.25) is 5.02 Å². The lowest BCUT2D eigenvalue weighted by molar-refractivity contribution is 0.220. The van der Waals surface area contributed by atoms with Gasteiger partial charge in [-0.1, -0.05) is 72.6 Å². The Morgan fingerprint density at radius 3 is 2.24 bits per heavy atom. The Hall–Kier alpha value is -0.830. The summed E-state index contributed by atoms with van der Waals surface area (Å²) in [6.45, 7) is 6.64. The van der Waals surface area contributed by atoms with Crippen LogP contribution in [0.5, 0.6) is 0 Å². The molecule has 0 saturated heterocycles. The van der Waals surface area contributed by atoms with Crippen molar-refractivity contribution in [3.63, 3.8) is 0 Å². The number of rotatable bonds is 4. The topological polar surface area (TPSA) is 20.2 Å². The van der Waals surface area contributed by atoms with Crippen molar-refractivity contribution in [1.82, 2.24) is 0 Å². The highest BCUT2D eigenvalue weighted by Crippen LogP contribution is 2.31. The largest absolute Gasteiger partial charge is 0.384 e. The van der Waals surface area contributed by atoms with Gasteiger partial charge in [-0.3, -0.25) is 0 Å². The van der Waals surface area contributed by atoms with E-state index in [4.69, 9.17) is 11.6 Å². The van der Waals surface area contributed by atoms with Crippen LogP contribution in [-0.4, -0.2) is 5.11 Å². The van der Waals surface area contributed by atoms with Crippen LogP contribution in [0.1, 0.15) is 50.0 Å². The van der Waals surface area contributed by atoms with Crippen molar-refractivity contribution in [2.75, 3.05) is 0 Å². The molecule has 1 nitrogen and oxygen atoms in total. The van der Waals surface area contributed by atoms with Gasteiger partial charge in [0.05, 0.1) is 0 Å². The molecule has 2 aromatic carbocycles. The molecule has 0 aliphatic carbocycles. The van der Waals surface area contributed by atoms with Gasteiger partial charge in [-0.15, -0.1) is 0 Å². The van der Waals surface area contributed by atoms with Crippen molar-refractivity contribution in [2.45, 2.75) is 38.7 Å². The monoisotopic (exact) mass is 366 g/mol. The molecule has 2 aromatic rings. The number of hydrogen-bond donors (Lipinski definition) is 1. The van der Waals surface area contributed by atoms with Crippen LogP contribution in [0.3, 0.4) is 0 Å². The molecule has 0 heterocycles. The quantitative estimate of drug-likeness (QED) is 0.716. The van der Waals surface area contributed by atoms with Crippen LogP contribution in [-0.2, 0) is 5.41 Å². The van der Waals surface area contributed by atoms with E-state index >= 15 is 0 Å². The average Bonchev–Trinajstić information content (AvgIpc) is 2.45. The predicted octanol–water partition coefficient (Wildman–Crippen LogP) is 5.87. The molecular weight excluding hydrogens is 348 g/mol. The van der Waals surface area contributed by atoms with Crippen molar-refractivity contribution in [1.29, 1.82) is 0 Å². The van der Waals surface area contributed by atoms with Crippen LogP contribution in [0.25, 0.3) is 0 Å². The Morgan fingerprint density at radius 1 is 1.10 bits per heavy atom. The second-order valence-electron chi connectivity index (χ2n) is 5.96. The summed E-state index contributed by atoms with van der Waals surface area (Å²) < 4.78 is 0.868. The predicted molar refractivity (Wildman–Crippen MR) is 93.0 cm³/mol. The van der Waals surface area contributed by atoms with Crippen molar-refractivity contribution >= 4 is 27.5 Å². The summed E-state index contributed by atoms with van der Waals surface area (Å²) >= 11 is 9.45. The van der Waals surface area contributed by atoms with Crippen LogP contribution in [0.4, 0.5) is 0 Å². The second kappa shape index (κ2) is 6.51. The molecule has 1 N–H and O–H groups in total. The molecule has 0 amide bonds. The molecule has 1 atom stereocenters. The summed E-state index contributed by atoms with van der Waals surface area (Å²) in [5.41, 5.74) is 3.10. The first-order chi connectivity index (χ1) is 9.83. The zero-order chi connectivity index (χ0) is 15.6. The van der Waals surface area contributed by atoms with Crippen molar-refractivity contribution < 1.29 is 5.11 Å². The normalized spacial score (nSPS) is 13.2. The lowest BCUT2D eigenvalue weighted by Crippen LogP contribution is -2.15. The lowest BCUT2D eigenvalue weighted by Gasteiger charge is -2.24. The Balaban J connectivity index is 2.30. The molecule has 0 bridgehead atoms. The first-order valence-electron chi connectivity index (χ1n) is 7.08. The summed E-state index contributed by atoms with van der Waals surface area (Å²) in [6.07, 6.45) is 0.412. The number of hydrogen-bond acceptors (Lipinski definition) is 1. The Bertz CT molecular complexity index is 599. The van der Waals surface area contributed by atoms with Crippen molar-refractivity contribution in [3.05, 3.63) is 68.7 Å². The minimum atomic E-state index is -0.668. The van der Waals surface area contributed by atoms with Gasteiger partial charge in [-0.05, 0) is 46.7 Å². The molecule has 0 aliphatic heterocycles. The summed E-state index contributed by atoms with van der Waals surface area (Å²) in [7, 11) is 0. The fraction of sp³-hybridized carbons (Fsp3) is 0.333. The van der Waals surface area contributed by atoms with E-state index in [0.717, 1.165) is 22.0 Å². The maximum atomic E-state index is 10.5. The summed E-state index contributed by atoms with van der Waals surface area (Å²) in [4.78, 5) is 0. The number of halogens is 2. The van der Waals surface area contributed by atoms with Gasteiger partial charge in [0, 0.05) is 9.50 Å². The van der Waals surface area contributed by atoms with Crippen LogP contribution in [0, 0.1) is 0 Å². The highest BCUT2D eigenvalue weighted by atomic mass is 79.9. The Morgan fingerprint density at radius 2 is 1.71 bits per heavy atom. The van der Waals surface area contributed by atoms with E-state index in [9.17, 15) is 5.11 Å². The van der Waals surface area contributed by atoms with E-state index in [-0.39, 0.29) is 5.41 Å². The van der Waals surface area contributed by atoms with Gasteiger partial charge >= 0.3 is 0 Å². The molecule has 0 spiro atoms. The zero-order valence-electron chi connectivity index (χ0n) is 12.5. The molecule has 21 heavy (non-hydrogen) atoms. The molecular formula is C18H20BrClO. The Kier molecular flexibility index (Phi) is 5.13.